The van der Waals surface area contributed by atoms with Gasteiger partial charge in [-0.25, -0.2) is 0 Å². The van der Waals surface area contributed by atoms with Crippen molar-refractivity contribution in [2.24, 2.45) is 5.92 Å². The fraction of sp³-hybridized carbons (Fsp3) is 0.567. The van der Waals surface area contributed by atoms with Gasteiger partial charge in [0.1, 0.15) is 0 Å². The topological polar surface area (TPSA) is 59.0 Å². The number of carbonyl (C=O) groups excluding carboxylic acids is 1. The van der Waals surface area contributed by atoms with Gasteiger partial charge in [-0.15, -0.1) is 0 Å². The second-order valence-electron chi connectivity index (χ2n) is 11.6. The van der Waals surface area contributed by atoms with E-state index in [-0.39, 0.29) is 17.6 Å². The number of piperidine rings is 1. The predicted octanol–water partition coefficient (Wildman–Crippen LogP) is 4.57. The maximum Gasteiger partial charge on any atom is 0.177 e. The standard InChI is InChI=1S/C30H35NO4/c1-28-25(33)13-14-30(34-17-5-8-20-6-3-2-4-7-20)24-18-22-11-12-23(32)27(35-28)26(22)29(28,30)15-16-31(24)19-21-9-10-21/h2-4,6-7,11-12,21,24,32H,5,8-10,13-19H2,1H3/t24-,28+,29+,30-/m1/s1. The average molecular weight is 474 g/mol. The summed E-state index contributed by atoms with van der Waals surface area (Å²) in [6, 6.07) is 14.6. The molecule has 2 bridgehead atoms. The second kappa shape index (κ2) is 7.57. The molecule has 35 heavy (non-hydrogen) atoms. The number of aromatic hydroxyl groups is 1. The number of phenolic OH excluding ortho intramolecular Hbond substituents is 1. The molecule has 1 saturated heterocycles. The van der Waals surface area contributed by atoms with Crippen LogP contribution in [0, 0.1) is 5.92 Å². The summed E-state index contributed by atoms with van der Waals surface area (Å²) in [5.74, 6) is 1.64. The third kappa shape index (κ3) is 2.85. The first-order valence-corrected chi connectivity index (χ1v) is 13.5. The zero-order chi connectivity index (χ0) is 23.8. The lowest BCUT2D eigenvalue weighted by Gasteiger charge is -2.66. The lowest BCUT2D eigenvalue weighted by Crippen LogP contribution is -2.80. The van der Waals surface area contributed by atoms with E-state index in [2.05, 4.69) is 41.3 Å². The van der Waals surface area contributed by atoms with Crippen LogP contribution in [0.15, 0.2) is 42.5 Å². The SMILES string of the molecule is C[C@@]12Oc3c(O)ccc4c3[C@@]13CCN(CC1CC1)[C@H](C4)[C@]3(OCCCc1ccccc1)CCC2=O. The molecule has 2 aliphatic heterocycles. The fourth-order valence-corrected chi connectivity index (χ4v) is 8.15. The molecule has 3 fully saturated rings. The van der Waals surface area contributed by atoms with E-state index in [0.717, 1.165) is 56.7 Å². The van der Waals surface area contributed by atoms with E-state index in [1.807, 2.05) is 6.92 Å². The third-order valence-electron chi connectivity index (χ3n) is 9.92. The quantitative estimate of drug-likeness (QED) is 0.597. The van der Waals surface area contributed by atoms with Gasteiger partial charge >= 0.3 is 0 Å². The summed E-state index contributed by atoms with van der Waals surface area (Å²) >= 11 is 0. The minimum atomic E-state index is -0.995. The minimum Gasteiger partial charge on any atom is -0.504 e. The summed E-state index contributed by atoms with van der Waals surface area (Å²) in [6.45, 7) is 4.73. The number of hydrogen-bond acceptors (Lipinski definition) is 5. The summed E-state index contributed by atoms with van der Waals surface area (Å²) in [5.41, 5.74) is 1.60. The molecule has 2 aromatic carbocycles. The number of likely N-dealkylation sites (tertiary alicyclic amines) is 1. The molecule has 5 aliphatic rings. The Kier molecular flexibility index (Phi) is 4.73. The van der Waals surface area contributed by atoms with Gasteiger partial charge in [0.15, 0.2) is 22.9 Å². The first kappa shape index (κ1) is 21.9. The maximum absolute atomic E-state index is 13.6. The van der Waals surface area contributed by atoms with Gasteiger partial charge in [0, 0.05) is 31.2 Å². The number of benzene rings is 2. The van der Waals surface area contributed by atoms with E-state index in [4.69, 9.17) is 9.47 Å². The molecule has 2 aromatic rings. The van der Waals surface area contributed by atoms with Crippen molar-refractivity contribution in [2.45, 2.75) is 80.9 Å². The van der Waals surface area contributed by atoms with E-state index in [1.165, 1.54) is 24.0 Å². The lowest BCUT2D eigenvalue weighted by molar-refractivity contribution is -0.231. The highest BCUT2D eigenvalue weighted by Crippen LogP contribution is 2.69. The Hall–Kier alpha value is -2.37. The zero-order valence-corrected chi connectivity index (χ0v) is 20.6. The van der Waals surface area contributed by atoms with Crippen molar-refractivity contribution < 1.29 is 19.4 Å². The molecule has 0 aromatic heterocycles. The van der Waals surface area contributed by atoms with Crippen LogP contribution in [0.1, 0.15) is 62.1 Å². The van der Waals surface area contributed by atoms with Crippen LogP contribution in [0.4, 0.5) is 0 Å². The van der Waals surface area contributed by atoms with Crippen molar-refractivity contribution >= 4 is 5.78 Å². The Bertz CT molecular complexity index is 1180. The summed E-state index contributed by atoms with van der Waals surface area (Å²) in [5, 5.41) is 10.8. The number of aryl methyl sites for hydroxylation is 1. The Balaban J connectivity index is 1.31. The summed E-state index contributed by atoms with van der Waals surface area (Å²) in [7, 11) is 0. The molecule has 0 radical (unpaired) electrons. The van der Waals surface area contributed by atoms with Crippen LogP contribution < -0.4 is 4.74 Å². The van der Waals surface area contributed by atoms with Gasteiger partial charge in [-0.05, 0) is 81.5 Å². The Morgan fingerprint density at radius 3 is 2.77 bits per heavy atom. The van der Waals surface area contributed by atoms with Gasteiger partial charge in [0.25, 0.3) is 0 Å². The number of ketones is 1. The average Bonchev–Trinajstić information content (AvgIpc) is 3.63. The number of carbonyl (C=O) groups is 1. The smallest absolute Gasteiger partial charge is 0.177 e. The molecule has 1 spiro atoms. The molecule has 2 saturated carbocycles. The van der Waals surface area contributed by atoms with Crippen molar-refractivity contribution in [3.63, 3.8) is 0 Å². The highest BCUT2D eigenvalue weighted by atomic mass is 16.5. The summed E-state index contributed by atoms with van der Waals surface area (Å²) < 4.78 is 13.7. The second-order valence-corrected chi connectivity index (χ2v) is 11.6. The van der Waals surface area contributed by atoms with Gasteiger partial charge in [0.05, 0.1) is 11.0 Å². The number of hydrogen-bond donors (Lipinski definition) is 1. The minimum absolute atomic E-state index is 0.151. The van der Waals surface area contributed by atoms with Gasteiger partial charge < -0.3 is 14.6 Å². The first-order chi connectivity index (χ1) is 17.0. The molecule has 0 unspecified atom stereocenters. The van der Waals surface area contributed by atoms with Crippen LogP contribution in [-0.2, 0) is 27.8 Å². The normalized spacial score (nSPS) is 35.0. The lowest BCUT2D eigenvalue weighted by atomic mass is 9.45. The van der Waals surface area contributed by atoms with Crippen LogP contribution in [0.5, 0.6) is 11.5 Å². The predicted molar refractivity (Wildman–Crippen MR) is 133 cm³/mol. The summed E-state index contributed by atoms with van der Waals surface area (Å²) in [4.78, 5) is 16.3. The maximum atomic E-state index is 13.6. The van der Waals surface area contributed by atoms with Gasteiger partial charge in [-0.3, -0.25) is 9.69 Å². The fourth-order valence-electron chi connectivity index (χ4n) is 8.15. The molecule has 1 N–H and O–H groups in total. The number of nitrogens with zero attached hydrogens (tertiary/aromatic N) is 1. The highest BCUT2D eigenvalue weighted by molar-refractivity contribution is 5.94. The molecule has 5 heteroatoms. The number of Topliss-reactive ketones (excluding diaryl/α,β-unsaturated/α-hetero) is 1. The Labute approximate surface area is 207 Å². The van der Waals surface area contributed by atoms with Gasteiger partial charge in [-0.2, -0.15) is 0 Å². The first-order valence-electron chi connectivity index (χ1n) is 13.5. The van der Waals surface area contributed by atoms with E-state index < -0.39 is 16.6 Å². The Morgan fingerprint density at radius 2 is 1.97 bits per heavy atom. The monoisotopic (exact) mass is 473 g/mol. The van der Waals surface area contributed by atoms with Crippen LogP contribution in [0.3, 0.4) is 0 Å². The molecule has 184 valence electrons. The highest BCUT2D eigenvalue weighted by Gasteiger charge is 2.78. The van der Waals surface area contributed by atoms with Crippen molar-refractivity contribution in [1.82, 2.24) is 4.90 Å². The molecule has 4 atom stereocenters. The number of ether oxygens (including phenoxy) is 2. The van der Waals surface area contributed by atoms with E-state index in [9.17, 15) is 9.90 Å². The van der Waals surface area contributed by atoms with Crippen LogP contribution in [-0.4, -0.2) is 52.7 Å². The van der Waals surface area contributed by atoms with Crippen molar-refractivity contribution in [1.29, 1.82) is 0 Å². The van der Waals surface area contributed by atoms with Crippen molar-refractivity contribution in [3.8, 4) is 11.5 Å². The Morgan fingerprint density at radius 1 is 1.14 bits per heavy atom. The van der Waals surface area contributed by atoms with E-state index in [1.54, 1.807) is 6.07 Å². The van der Waals surface area contributed by atoms with Crippen molar-refractivity contribution in [3.05, 3.63) is 59.2 Å². The van der Waals surface area contributed by atoms with Crippen molar-refractivity contribution in [2.75, 3.05) is 19.7 Å². The molecule has 2 heterocycles. The third-order valence-corrected chi connectivity index (χ3v) is 9.92. The van der Waals surface area contributed by atoms with E-state index in [0.29, 0.717) is 18.8 Å². The molecular weight excluding hydrogens is 438 g/mol. The molecule has 0 amide bonds. The zero-order valence-electron chi connectivity index (χ0n) is 20.6. The molecular formula is C30H35NO4. The van der Waals surface area contributed by atoms with Gasteiger partial charge in [-0.1, -0.05) is 36.4 Å². The largest absolute Gasteiger partial charge is 0.504 e. The van der Waals surface area contributed by atoms with Gasteiger partial charge in [0.2, 0.25) is 0 Å². The van der Waals surface area contributed by atoms with Crippen LogP contribution in [0.25, 0.3) is 0 Å². The molecule has 3 aliphatic carbocycles. The van der Waals surface area contributed by atoms with Crippen LogP contribution in [0.2, 0.25) is 0 Å². The number of phenols is 1. The molecule has 5 nitrogen and oxygen atoms in total. The summed E-state index contributed by atoms with van der Waals surface area (Å²) in [6.07, 6.45) is 7.51. The van der Waals surface area contributed by atoms with Crippen LogP contribution >= 0.6 is 0 Å². The molecule has 7 rings (SSSR count). The number of rotatable bonds is 7. The van der Waals surface area contributed by atoms with E-state index >= 15 is 0 Å².